The average molecular weight is 467 g/mol. The maximum absolute atomic E-state index is 15.0. The molecule has 3 aromatic rings. The summed E-state index contributed by atoms with van der Waals surface area (Å²) in [6.07, 6.45) is 1.91. The van der Waals surface area contributed by atoms with Gasteiger partial charge in [-0.3, -0.25) is 4.79 Å². The number of alkyl halides is 1. The minimum absolute atomic E-state index is 0.0369. The number of urea groups is 1. The Balaban J connectivity index is 1.68. The Kier molecular flexibility index (Phi) is 5.03. The molecule has 0 radical (unpaired) electrons. The zero-order valence-electron chi connectivity index (χ0n) is 14.8. The van der Waals surface area contributed by atoms with Crippen LogP contribution in [-0.4, -0.2) is 45.9 Å². The van der Waals surface area contributed by atoms with Crippen LogP contribution in [0.15, 0.2) is 35.1 Å². The molecular weight excluding hydrogens is 453 g/mol. The van der Waals surface area contributed by atoms with Crippen LogP contribution in [0.4, 0.5) is 23.7 Å². The number of carbonyl (C=O) groups is 2. The number of hydrogen-bond acceptors (Lipinski definition) is 3. The molecule has 0 saturated carbocycles. The first-order valence-electron chi connectivity index (χ1n) is 8.70. The van der Waals surface area contributed by atoms with Crippen LogP contribution in [0.1, 0.15) is 22.3 Å². The largest absolute Gasteiger partial charge is 0.345 e. The van der Waals surface area contributed by atoms with Crippen molar-refractivity contribution < 1.29 is 22.8 Å². The molecule has 3 heterocycles. The quantitative estimate of drug-likeness (QED) is 0.561. The summed E-state index contributed by atoms with van der Waals surface area (Å²) in [6, 6.07) is 2.81. The van der Waals surface area contributed by atoms with Crippen molar-refractivity contribution in [3.05, 3.63) is 57.8 Å². The standard InChI is InChI=1S/C19H14BrF3N4O2/c20-9-5-11-12(7-25-18(11)24-6-9)17(28)15-13(22)1-2-14(16(15)23)26-19(29)27-4-3-10(21)8-27/h1-2,5-7,10H,3-4,8H2,(H,24,25)(H,26,29)/t10-/m1/s1. The van der Waals surface area contributed by atoms with E-state index >= 15 is 0 Å². The van der Waals surface area contributed by atoms with Crippen LogP contribution in [0.25, 0.3) is 11.0 Å². The second kappa shape index (κ2) is 7.51. The fourth-order valence-electron chi connectivity index (χ4n) is 3.25. The topological polar surface area (TPSA) is 78.1 Å². The summed E-state index contributed by atoms with van der Waals surface area (Å²) in [5, 5.41) is 2.68. The highest BCUT2D eigenvalue weighted by atomic mass is 79.9. The molecule has 1 aliphatic heterocycles. The second-order valence-electron chi connectivity index (χ2n) is 6.63. The number of nitrogens with zero attached hydrogens (tertiary/aromatic N) is 2. The SMILES string of the molecule is O=C(c1c(F)ccc(NC(=O)N2CC[C@@H](F)C2)c1F)c1c[nH]c2ncc(Br)cc12. The highest BCUT2D eigenvalue weighted by Crippen LogP contribution is 2.28. The Morgan fingerprint density at radius 3 is 2.83 bits per heavy atom. The number of aromatic nitrogens is 2. The van der Waals surface area contributed by atoms with Gasteiger partial charge in [-0.1, -0.05) is 0 Å². The van der Waals surface area contributed by atoms with Crippen LogP contribution in [-0.2, 0) is 0 Å². The molecule has 2 aromatic heterocycles. The maximum Gasteiger partial charge on any atom is 0.322 e. The van der Waals surface area contributed by atoms with Gasteiger partial charge in [-0.2, -0.15) is 0 Å². The predicted octanol–water partition coefficient (Wildman–Crippen LogP) is 4.41. The number of anilines is 1. The number of aromatic amines is 1. The minimum atomic E-state index is -1.20. The third-order valence-corrected chi connectivity index (χ3v) is 5.15. The van der Waals surface area contributed by atoms with Crippen molar-refractivity contribution in [1.82, 2.24) is 14.9 Å². The number of ketones is 1. The van der Waals surface area contributed by atoms with Gasteiger partial charge in [0.2, 0.25) is 5.78 Å². The average Bonchev–Trinajstić information content (AvgIpc) is 3.30. The van der Waals surface area contributed by atoms with E-state index in [9.17, 15) is 22.8 Å². The van der Waals surface area contributed by atoms with E-state index < -0.39 is 35.2 Å². The van der Waals surface area contributed by atoms with Gasteiger partial charge in [0.25, 0.3) is 0 Å². The molecule has 1 aromatic carbocycles. The molecule has 2 amide bonds. The molecule has 10 heteroatoms. The van der Waals surface area contributed by atoms with Crippen molar-refractivity contribution in [2.45, 2.75) is 12.6 Å². The third kappa shape index (κ3) is 3.59. The van der Waals surface area contributed by atoms with Gasteiger partial charge in [-0.15, -0.1) is 0 Å². The van der Waals surface area contributed by atoms with Crippen LogP contribution >= 0.6 is 15.9 Å². The Morgan fingerprint density at radius 2 is 2.10 bits per heavy atom. The monoisotopic (exact) mass is 466 g/mol. The number of pyridine rings is 1. The molecule has 6 nitrogen and oxygen atoms in total. The lowest BCUT2D eigenvalue weighted by molar-refractivity contribution is 0.103. The number of nitrogens with one attached hydrogen (secondary N) is 2. The van der Waals surface area contributed by atoms with Gasteiger partial charge in [-0.05, 0) is 40.5 Å². The summed E-state index contributed by atoms with van der Waals surface area (Å²) in [7, 11) is 0. The normalized spacial score (nSPS) is 16.4. The van der Waals surface area contributed by atoms with Crippen molar-refractivity contribution >= 4 is 44.5 Å². The molecular formula is C19H14BrF3N4O2. The van der Waals surface area contributed by atoms with Gasteiger partial charge >= 0.3 is 6.03 Å². The zero-order chi connectivity index (χ0) is 20.7. The Hall–Kier alpha value is -2.88. The number of amides is 2. The van der Waals surface area contributed by atoms with Crippen LogP contribution in [0.5, 0.6) is 0 Å². The molecule has 2 N–H and O–H groups in total. The molecule has 0 bridgehead atoms. The Labute approximate surface area is 171 Å². The molecule has 1 saturated heterocycles. The van der Waals surface area contributed by atoms with Crippen molar-refractivity contribution in [2.75, 3.05) is 18.4 Å². The fourth-order valence-corrected chi connectivity index (χ4v) is 3.59. The third-order valence-electron chi connectivity index (χ3n) is 4.72. The van der Waals surface area contributed by atoms with Gasteiger partial charge in [0.15, 0.2) is 5.82 Å². The van der Waals surface area contributed by atoms with Crippen molar-refractivity contribution in [3.8, 4) is 0 Å². The maximum atomic E-state index is 15.0. The van der Waals surface area contributed by atoms with Crippen LogP contribution in [0, 0.1) is 11.6 Å². The lowest BCUT2D eigenvalue weighted by atomic mass is 10.0. The van der Waals surface area contributed by atoms with E-state index in [1.54, 1.807) is 6.07 Å². The highest BCUT2D eigenvalue weighted by molar-refractivity contribution is 9.10. The molecule has 4 rings (SSSR count). The number of H-pyrrole nitrogens is 1. The molecule has 1 fully saturated rings. The summed E-state index contributed by atoms with van der Waals surface area (Å²) in [5.41, 5.74) is -0.735. The van der Waals surface area contributed by atoms with E-state index in [2.05, 4.69) is 31.2 Å². The molecule has 1 atom stereocenters. The Morgan fingerprint density at radius 1 is 1.31 bits per heavy atom. The smallest absolute Gasteiger partial charge is 0.322 e. The van der Waals surface area contributed by atoms with Crippen LogP contribution < -0.4 is 5.32 Å². The molecule has 29 heavy (non-hydrogen) atoms. The number of carbonyl (C=O) groups excluding carboxylic acids is 2. The van der Waals surface area contributed by atoms with E-state index in [1.807, 2.05) is 0 Å². The Bertz CT molecular complexity index is 1130. The van der Waals surface area contributed by atoms with Gasteiger partial charge in [0.05, 0.1) is 17.8 Å². The van der Waals surface area contributed by atoms with E-state index in [0.717, 1.165) is 12.1 Å². The van der Waals surface area contributed by atoms with Crippen LogP contribution in [0.3, 0.4) is 0 Å². The van der Waals surface area contributed by atoms with E-state index in [1.165, 1.54) is 17.3 Å². The second-order valence-corrected chi connectivity index (χ2v) is 7.54. The number of rotatable bonds is 3. The summed E-state index contributed by atoms with van der Waals surface area (Å²) >= 11 is 3.25. The summed E-state index contributed by atoms with van der Waals surface area (Å²) < 4.78 is 43.2. The summed E-state index contributed by atoms with van der Waals surface area (Å²) in [6.45, 7) is 0.0937. The zero-order valence-corrected chi connectivity index (χ0v) is 16.4. The first kappa shape index (κ1) is 19.4. The molecule has 0 unspecified atom stereocenters. The van der Waals surface area contributed by atoms with Gasteiger partial charge < -0.3 is 15.2 Å². The van der Waals surface area contributed by atoms with E-state index in [-0.39, 0.29) is 30.8 Å². The first-order valence-corrected chi connectivity index (χ1v) is 9.49. The van der Waals surface area contributed by atoms with Gasteiger partial charge in [0.1, 0.15) is 17.6 Å². The number of benzene rings is 1. The number of fused-ring (bicyclic) bond motifs is 1. The van der Waals surface area contributed by atoms with Crippen molar-refractivity contribution in [3.63, 3.8) is 0 Å². The highest BCUT2D eigenvalue weighted by Gasteiger charge is 2.28. The van der Waals surface area contributed by atoms with Crippen LogP contribution in [0.2, 0.25) is 0 Å². The molecule has 1 aliphatic rings. The summed E-state index contributed by atoms with van der Waals surface area (Å²) in [5.74, 6) is -3.16. The molecule has 0 spiro atoms. The van der Waals surface area contributed by atoms with Crippen molar-refractivity contribution in [2.24, 2.45) is 0 Å². The van der Waals surface area contributed by atoms with Crippen molar-refractivity contribution in [1.29, 1.82) is 0 Å². The molecule has 150 valence electrons. The lowest BCUT2D eigenvalue weighted by Crippen LogP contribution is -2.33. The summed E-state index contributed by atoms with van der Waals surface area (Å²) in [4.78, 5) is 33.2. The van der Waals surface area contributed by atoms with E-state index in [0.29, 0.717) is 15.5 Å². The first-order chi connectivity index (χ1) is 13.8. The van der Waals surface area contributed by atoms with Gasteiger partial charge in [-0.25, -0.2) is 22.9 Å². The van der Waals surface area contributed by atoms with Gasteiger partial charge in [0, 0.05) is 34.4 Å². The fraction of sp³-hybridized carbons (Fsp3) is 0.211. The number of hydrogen-bond donors (Lipinski definition) is 2. The van der Waals surface area contributed by atoms with E-state index in [4.69, 9.17) is 0 Å². The number of halogens is 4. The molecule has 0 aliphatic carbocycles. The lowest BCUT2D eigenvalue weighted by Gasteiger charge is -2.17. The minimum Gasteiger partial charge on any atom is -0.345 e. The number of likely N-dealkylation sites (tertiary alicyclic amines) is 1. The predicted molar refractivity (Wildman–Crippen MR) is 104 cm³/mol.